The van der Waals surface area contributed by atoms with Gasteiger partial charge in [0.05, 0.1) is 30.0 Å². The van der Waals surface area contributed by atoms with Crippen LogP contribution in [0.25, 0.3) is 22.3 Å². The smallest absolute Gasteiger partial charge is 0.252 e. The molecule has 0 fully saturated rings. The van der Waals surface area contributed by atoms with Gasteiger partial charge in [0, 0.05) is 43.7 Å². The third kappa shape index (κ3) is 3.63. The zero-order chi connectivity index (χ0) is 21.4. The molecule has 1 aromatic carbocycles. The van der Waals surface area contributed by atoms with Gasteiger partial charge >= 0.3 is 0 Å². The number of ether oxygens (including phenoxy) is 1. The van der Waals surface area contributed by atoms with Crippen molar-refractivity contribution in [1.82, 2.24) is 34.8 Å². The molecule has 0 aliphatic carbocycles. The number of nitrogens with one attached hydrogen (secondary N) is 1. The Morgan fingerprint density at radius 1 is 1.23 bits per heavy atom. The number of amides is 1. The molecular formula is C22H23N7O2. The minimum Gasteiger partial charge on any atom is -0.481 e. The molecule has 1 N–H and O–H groups in total. The number of hydrogen-bond acceptors (Lipinski definition) is 6. The highest BCUT2D eigenvalue weighted by atomic mass is 16.5. The molecule has 5 rings (SSSR count). The van der Waals surface area contributed by atoms with Crippen LogP contribution in [0.3, 0.4) is 0 Å². The van der Waals surface area contributed by atoms with E-state index in [4.69, 9.17) is 4.74 Å². The predicted molar refractivity (Wildman–Crippen MR) is 115 cm³/mol. The summed E-state index contributed by atoms with van der Waals surface area (Å²) in [6.45, 7) is 0.734. The van der Waals surface area contributed by atoms with Gasteiger partial charge in [-0.15, -0.1) is 10.2 Å². The summed E-state index contributed by atoms with van der Waals surface area (Å²) in [4.78, 5) is 17.6. The van der Waals surface area contributed by atoms with E-state index in [0.717, 1.165) is 53.9 Å². The van der Waals surface area contributed by atoms with Gasteiger partial charge in [0.1, 0.15) is 5.82 Å². The number of aryl methyl sites for hydroxylation is 2. The van der Waals surface area contributed by atoms with Gasteiger partial charge < -0.3 is 14.6 Å². The first-order valence-electron chi connectivity index (χ1n) is 10.3. The largest absolute Gasteiger partial charge is 0.481 e. The molecule has 158 valence electrons. The molecule has 0 saturated heterocycles. The number of nitrogens with zero attached hydrogens (tertiary/aromatic N) is 6. The van der Waals surface area contributed by atoms with Crippen molar-refractivity contribution < 1.29 is 9.53 Å². The molecule has 0 bridgehead atoms. The standard InChI is InChI=1S/C22H23N7O2/c1-28-13-14(12-23-28)21-27-26-19-8-7-15(9-10-29(19)21)24-22(30)17-11-20(31-2)25-18-6-4-3-5-16(17)18/h3-6,11-13,15H,7-10H2,1-2H3,(H,24,30). The maximum absolute atomic E-state index is 13.2. The molecule has 0 spiro atoms. The normalized spacial score (nSPS) is 16.0. The molecule has 1 aliphatic rings. The van der Waals surface area contributed by atoms with Crippen molar-refractivity contribution in [2.75, 3.05) is 7.11 Å². The van der Waals surface area contributed by atoms with Gasteiger partial charge in [-0.25, -0.2) is 4.98 Å². The zero-order valence-corrected chi connectivity index (χ0v) is 17.4. The number of carbonyl (C=O) groups is 1. The van der Waals surface area contributed by atoms with E-state index in [-0.39, 0.29) is 11.9 Å². The Balaban J connectivity index is 1.36. The van der Waals surface area contributed by atoms with Crippen LogP contribution in [0.4, 0.5) is 0 Å². The summed E-state index contributed by atoms with van der Waals surface area (Å²) in [6, 6.07) is 9.33. The fraction of sp³-hybridized carbons (Fsp3) is 0.318. The molecule has 4 aromatic rings. The van der Waals surface area contributed by atoms with Crippen LogP contribution in [0, 0.1) is 0 Å². The van der Waals surface area contributed by atoms with Gasteiger partial charge in [-0.2, -0.15) is 5.10 Å². The first kappa shape index (κ1) is 19.2. The van der Waals surface area contributed by atoms with Crippen molar-refractivity contribution in [3.63, 3.8) is 0 Å². The number of para-hydroxylation sites is 1. The molecule has 9 heteroatoms. The number of aromatic nitrogens is 6. The fourth-order valence-electron chi connectivity index (χ4n) is 4.09. The van der Waals surface area contributed by atoms with Crippen LogP contribution in [0.15, 0.2) is 42.7 Å². The summed E-state index contributed by atoms with van der Waals surface area (Å²) in [7, 11) is 3.44. The Kier molecular flexibility index (Phi) is 4.85. The number of carbonyl (C=O) groups excluding carboxylic acids is 1. The second kappa shape index (κ2) is 7.82. The molecule has 1 aliphatic heterocycles. The highest BCUT2D eigenvalue weighted by Crippen LogP contribution is 2.24. The molecule has 3 aromatic heterocycles. The van der Waals surface area contributed by atoms with E-state index in [2.05, 4.69) is 30.2 Å². The average Bonchev–Trinajstić information content (AvgIpc) is 3.34. The van der Waals surface area contributed by atoms with Gasteiger partial charge in [-0.3, -0.25) is 9.48 Å². The molecule has 0 saturated carbocycles. The molecule has 1 amide bonds. The van der Waals surface area contributed by atoms with Gasteiger partial charge in [0.25, 0.3) is 5.91 Å². The average molecular weight is 417 g/mol. The lowest BCUT2D eigenvalue weighted by Crippen LogP contribution is -2.35. The minimum atomic E-state index is -0.118. The highest BCUT2D eigenvalue weighted by molar-refractivity contribution is 6.06. The molecular weight excluding hydrogens is 394 g/mol. The van der Waals surface area contributed by atoms with Crippen molar-refractivity contribution >= 4 is 16.8 Å². The van der Waals surface area contributed by atoms with E-state index >= 15 is 0 Å². The lowest BCUT2D eigenvalue weighted by Gasteiger charge is -2.17. The second-order valence-corrected chi connectivity index (χ2v) is 7.72. The molecule has 1 unspecified atom stereocenters. The molecule has 4 heterocycles. The molecule has 1 atom stereocenters. The van der Waals surface area contributed by atoms with Gasteiger partial charge in [-0.1, -0.05) is 18.2 Å². The van der Waals surface area contributed by atoms with Gasteiger partial charge in [-0.05, 0) is 18.9 Å². The Hall–Kier alpha value is -3.75. The monoisotopic (exact) mass is 417 g/mol. The summed E-state index contributed by atoms with van der Waals surface area (Å²) in [5.41, 5.74) is 2.25. The lowest BCUT2D eigenvalue weighted by molar-refractivity contribution is 0.0934. The summed E-state index contributed by atoms with van der Waals surface area (Å²) < 4.78 is 9.18. The van der Waals surface area contributed by atoms with Gasteiger partial charge in [0.2, 0.25) is 5.88 Å². The fourth-order valence-corrected chi connectivity index (χ4v) is 4.09. The van der Waals surface area contributed by atoms with Crippen molar-refractivity contribution in [2.45, 2.75) is 31.8 Å². The number of benzene rings is 1. The van der Waals surface area contributed by atoms with Crippen LogP contribution in [-0.2, 0) is 20.0 Å². The van der Waals surface area contributed by atoms with E-state index < -0.39 is 0 Å². The summed E-state index contributed by atoms with van der Waals surface area (Å²) in [5.74, 6) is 2.07. The predicted octanol–water partition coefficient (Wildman–Crippen LogP) is 2.37. The summed E-state index contributed by atoms with van der Waals surface area (Å²) in [6.07, 6.45) is 6.08. The molecule has 31 heavy (non-hydrogen) atoms. The third-order valence-corrected chi connectivity index (χ3v) is 5.69. The lowest BCUT2D eigenvalue weighted by atomic mass is 10.1. The summed E-state index contributed by atoms with van der Waals surface area (Å²) in [5, 5.41) is 17.0. The van der Waals surface area contributed by atoms with Gasteiger partial charge in [0.15, 0.2) is 5.82 Å². The van der Waals surface area contributed by atoms with Crippen LogP contribution in [0.1, 0.15) is 29.0 Å². The van der Waals surface area contributed by atoms with Crippen LogP contribution in [0.5, 0.6) is 5.88 Å². The number of rotatable bonds is 4. The quantitative estimate of drug-likeness (QED) is 0.547. The Labute approximate surface area is 179 Å². The zero-order valence-electron chi connectivity index (χ0n) is 17.4. The Bertz CT molecular complexity index is 1260. The number of pyridine rings is 1. The highest BCUT2D eigenvalue weighted by Gasteiger charge is 2.24. The number of methoxy groups -OCH3 is 1. The topological polar surface area (TPSA) is 99.8 Å². The maximum atomic E-state index is 13.2. The van der Waals surface area contributed by atoms with E-state index in [9.17, 15) is 4.79 Å². The second-order valence-electron chi connectivity index (χ2n) is 7.72. The first-order valence-corrected chi connectivity index (χ1v) is 10.3. The first-order chi connectivity index (χ1) is 15.1. The number of fused-ring (bicyclic) bond motifs is 2. The van der Waals surface area contributed by atoms with Crippen LogP contribution in [-0.4, -0.2) is 48.6 Å². The Morgan fingerprint density at radius 2 is 2.10 bits per heavy atom. The maximum Gasteiger partial charge on any atom is 0.252 e. The van der Waals surface area contributed by atoms with E-state index in [0.29, 0.717) is 11.4 Å². The number of hydrogen-bond donors (Lipinski definition) is 1. The van der Waals surface area contributed by atoms with E-state index in [1.54, 1.807) is 24.1 Å². The SMILES string of the molecule is COc1cc(C(=O)NC2CCc3nnc(-c4cnn(C)c4)n3CC2)c2ccccc2n1. The third-order valence-electron chi connectivity index (χ3n) is 5.69. The van der Waals surface area contributed by atoms with Crippen molar-refractivity contribution in [2.24, 2.45) is 7.05 Å². The minimum absolute atomic E-state index is 0.0360. The summed E-state index contributed by atoms with van der Waals surface area (Å²) >= 11 is 0. The van der Waals surface area contributed by atoms with Crippen LogP contribution >= 0.6 is 0 Å². The van der Waals surface area contributed by atoms with Crippen molar-refractivity contribution in [1.29, 1.82) is 0 Å². The molecule has 9 nitrogen and oxygen atoms in total. The van der Waals surface area contributed by atoms with Crippen LogP contribution in [0.2, 0.25) is 0 Å². The van der Waals surface area contributed by atoms with Crippen LogP contribution < -0.4 is 10.1 Å². The van der Waals surface area contributed by atoms with Crippen molar-refractivity contribution in [3.8, 4) is 17.3 Å². The van der Waals surface area contributed by atoms with Crippen molar-refractivity contribution in [3.05, 3.63) is 54.1 Å². The van der Waals surface area contributed by atoms with E-state index in [1.807, 2.05) is 37.5 Å². The molecule has 0 radical (unpaired) electrons. The Morgan fingerprint density at radius 3 is 2.90 bits per heavy atom. The van der Waals surface area contributed by atoms with E-state index in [1.165, 1.54) is 0 Å².